The average molecular weight is 398 g/mol. The third-order valence-electron chi connectivity index (χ3n) is 3.94. The molecule has 0 saturated heterocycles. The maximum Gasteiger partial charge on any atom is 0.255 e. The molecule has 0 atom stereocenters. The molecule has 3 amide bonds. The molecule has 29 heavy (non-hydrogen) atoms. The zero-order chi connectivity index (χ0) is 21.2. The highest BCUT2D eigenvalue weighted by molar-refractivity contribution is 5.98. The van der Waals surface area contributed by atoms with Crippen molar-refractivity contribution in [2.75, 3.05) is 32.1 Å². The van der Waals surface area contributed by atoms with Gasteiger partial charge < -0.3 is 20.3 Å². The van der Waals surface area contributed by atoms with E-state index in [1.807, 2.05) is 13.8 Å². The SMILES string of the molecule is COc1ccc(NC(=O)CNC(=O)CN(CC(C)C)C(=O)c2cccnc2)cc1. The largest absolute Gasteiger partial charge is 0.497 e. The van der Waals surface area contributed by atoms with Crippen molar-refractivity contribution in [2.45, 2.75) is 13.8 Å². The average Bonchev–Trinajstić information content (AvgIpc) is 2.72. The lowest BCUT2D eigenvalue weighted by molar-refractivity contribution is -0.124. The minimum atomic E-state index is -0.409. The minimum absolute atomic E-state index is 0.137. The summed E-state index contributed by atoms with van der Waals surface area (Å²) in [5.74, 6) is -0.184. The van der Waals surface area contributed by atoms with Crippen LogP contribution >= 0.6 is 0 Å². The Morgan fingerprint density at radius 1 is 1.10 bits per heavy atom. The summed E-state index contributed by atoms with van der Waals surface area (Å²) < 4.78 is 5.06. The second-order valence-electron chi connectivity index (χ2n) is 6.87. The van der Waals surface area contributed by atoms with E-state index in [4.69, 9.17) is 4.74 Å². The molecule has 0 fully saturated rings. The highest BCUT2D eigenvalue weighted by Gasteiger charge is 2.20. The number of aromatic nitrogens is 1. The Morgan fingerprint density at radius 2 is 1.83 bits per heavy atom. The molecule has 0 aliphatic carbocycles. The van der Waals surface area contributed by atoms with Crippen LogP contribution in [0.3, 0.4) is 0 Å². The van der Waals surface area contributed by atoms with Gasteiger partial charge in [-0.05, 0) is 42.3 Å². The number of nitrogens with one attached hydrogen (secondary N) is 2. The van der Waals surface area contributed by atoms with Gasteiger partial charge in [-0.25, -0.2) is 0 Å². The molecule has 0 unspecified atom stereocenters. The van der Waals surface area contributed by atoms with Crippen molar-refractivity contribution in [1.29, 1.82) is 0 Å². The highest BCUT2D eigenvalue weighted by Crippen LogP contribution is 2.14. The summed E-state index contributed by atoms with van der Waals surface area (Å²) in [6.07, 6.45) is 3.05. The summed E-state index contributed by atoms with van der Waals surface area (Å²) in [7, 11) is 1.56. The lowest BCUT2D eigenvalue weighted by Crippen LogP contribution is -2.44. The van der Waals surface area contributed by atoms with E-state index in [1.54, 1.807) is 49.7 Å². The highest BCUT2D eigenvalue weighted by atomic mass is 16.5. The predicted octanol–water partition coefficient (Wildman–Crippen LogP) is 1.94. The third kappa shape index (κ3) is 7.25. The van der Waals surface area contributed by atoms with Crippen LogP contribution in [0.2, 0.25) is 0 Å². The first-order valence-corrected chi connectivity index (χ1v) is 9.29. The Labute approximate surface area is 170 Å². The Hall–Kier alpha value is -3.42. The molecule has 8 nitrogen and oxygen atoms in total. The van der Waals surface area contributed by atoms with Gasteiger partial charge in [-0.1, -0.05) is 13.8 Å². The van der Waals surface area contributed by atoms with E-state index in [0.29, 0.717) is 23.5 Å². The number of hydrogen-bond donors (Lipinski definition) is 2. The number of anilines is 1. The number of pyridine rings is 1. The molecule has 0 aliphatic rings. The molecule has 8 heteroatoms. The van der Waals surface area contributed by atoms with Gasteiger partial charge in [-0.2, -0.15) is 0 Å². The molecule has 1 aromatic heterocycles. The van der Waals surface area contributed by atoms with Gasteiger partial charge in [-0.15, -0.1) is 0 Å². The van der Waals surface area contributed by atoms with Crippen LogP contribution in [0.1, 0.15) is 24.2 Å². The molecule has 0 saturated carbocycles. The summed E-state index contributed by atoms with van der Waals surface area (Å²) in [4.78, 5) is 42.4. The van der Waals surface area contributed by atoms with Crippen LogP contribution in [0, 0.1) is 5.92 Å². The number of benzene rings is 1. The molecule has 1 aromatic carbocycles. The van der Waals surface area contributed by atoms with E-state index in [2.05, 4.69) is 15.6 Å². The number of methoxy groups -OCH3 is 1. The quantitative estimate of drug-likeness (QED) is 0.672. The molecule has 2 aromatic rings. The lowest BCUT2D eigenvalue weighted by atomic mass is 10.1. The van der Waals surface area contributed by atoms with Gasteiger partial charge in [0.15, 0.2) is 0 Å². The number of carbonyl (C=O) groups excluding carboxylic acids is 3. The number of ether oxygens (including phenoxy) is 1. The molecule has 154 valence electrons. The number of carbonyl (C=O) groups is 3. The van der Waals surface area contributed by atoms with Crippen molar-refractivity contribution in [3.8, 4) is 5.75 Å². The zero-order valence-electron chi connectivity index (χ0n) is 16.8. The van der Waals surface area contributed by atoms with Crippen LogP contribution in [-0.2, 0) is 9.59 Å². The second kappa shape index (κ2) is 10.8. The van der Waals surface area contributed by atoms with Crippen LogP contribution in [0.15, 0.2) is 48.8 Å². The molecule has 0 aliphatic heterocycles. The smallest absolute Gasteiger partial charge is 0.255 e. The van der Waals surface area contributed by atoms with Crippen molar-refractivity contribution in [2.24, 2.45) is 5.92 Å². The van der Waals surface area contributed by atoms with Gasteiger partial charge in [0.05, 0.1) is 25.8 Å². The summed E-state index contributed by atoms with van der Waals surface area (Å²) in [5, 5.41) is 5.23. The summed E-state index contributed by atoms with van der Waals surface area (Å²) in [6, 6.07) is 10.2. The summed E-state index contributed by atoms with van der Waals surface area (Å²) in [6.45, 7) is 4.01. The van der Waals surface area contributed by atoms with E-state index in [9.17, 15) is 14.4 Å². The first-order valence-electron chi connectivity index (χ1n) is 9.29. The van der Waals surface area contributed by atoms with Gasteiger partial charge in [-0.3, -0.25) is 19.4 Å². The van der Waals surface area contributed by atoms with Gasteiger partial charge in [0, 0.05) is 24.6 Å². The van der Waals surface area contributed by atoms with E-state index >= 15 is 0 Å². The number of rotatable bonds is 9. The Bertz CT molecular complexity index is 822. The van der Waals surface area contributed by atoms with Gasteiger partial charge >= 0.3 is 0 Å². The van der Waals surface area contributed by atoms with Crippen LogP contribution in [0.5, 0.6) is 5.75 Å². The van der Waals surface area contributed by atoms with Crippen molar-refractivity contribution < 1.29 is 19.1 Å². The fourth-order valence-electron chi connectivity index (χ4n) is 2.62. The number of amides is 3. The third-order valence-corrected chi connectivity index (χ3v) is 3.94. The van der Waals surface area contributed by atoms with Crippen LogP contribution in [0.4, 0.5) is 5.69 Å². The monoisotopic (exact) mass is 398 g/mol. The molecular weight excluding hydrogens is 372 g/mol. The Balaban J connectivity index is 1.88. The normalized spacial score (nSPS) is 10.3. The number of nitrogens with zero attached hydrogens (tertiary/aromatic N) is 2. The maximum absolute atomic E-state index is 12.7. The minimum Gasteiger partial charge on any atom is -0.497 e. The van der Waals surface area contributed by atoms with Crippen molar-refractivity contribution >= 4 is 23.4 Å². The van der Waals surface area contributed by atoms with Crippen molar-refractivity contribution in [3.63, 3.8) is 0 Å². The number of hydrogen-bond acceptors (Lipinski definition) is 5. The van der Waals surface area contributed by atoms with Gasteiger partial charge in [0.25, 0.3) is 5.91 Å². The van der Waals surface area contributed by atoms with Crippen LogP contribution in [0.25, 0.3) is 0 Å². The lowest BCUT2D eigenvalue weighted by Gasteiger charge is -2.24. The van der Waals surface area contributed by atoms with Gasteiger partial charge in [0.2, 0.25) is 11.8 Å². The van der Waals surface area contributed by atoms with E-state index < -0.39 is 5.91 Å². The zero-order valence-corrected chi connectivity index (χ0v) is 16.8. The molecule has 2 N–H and O–H groups in total. The molecule has 0 spiro atoms. The topological polar surface area (TPSA) is 101 Å². The van der Waals surface area contributed by atoms with Crippen LogP contribution < -0.4 is 15.4 Å². The Morgan fingerprint density at radius 3 is 2.41 bits per heavy atom. The molecule has 1 heterocycles. The maximum atomic E-state index is 12.7. The van der Waals surface area contributed by atoms with E-state index in [0.717, 1.165) is 0 Å². The fraction of sp³-hybridized carbons (Fsp3) is 0.333. The van der Waals surface area contributed by atoms with Crippen molar-refractivity contribution in [3.05, 3.63) is 54.4 Å². The van der Waals surface area contributed by atoms with E-state index in [1.165, 1.54) is 11.1 Å². The van der Waals surface area contributed by atoms with Crippen LogP contribution in [-0.4, -0.2) is 54.3 Å². The predicted molar refractivity (Wildman–Crippen MR) is 110 cm³/mol. The molecule has 2 rings (SSSR count). The van der Waals surface area contributed by atoms with E-state index in [-0.39, 0.29) is 30.8 Å². The summed E-state index contributed by atoms with van der Waals surface area (Å²) >= 11 is 0. The Kier molecular flexibility index (Phi) is 8.14. The standard InChI is InChI=1S/C21H26N4O4/c1-15(2)13-25(21(28)16-5-4-10-22-11-16)14-20(27)23-12-19(26)24-17-6-8-18(29-3)9-7-17/h4-11,15H,12-14H2,1-3H3,(H,23,27)(H,24,26). The second-order valence-corrected chi connectivity index (χ2v) is 6.87. The fourth-order valence-corrected chi connectivity index (χ4v) is 2.62. The molecule has 0 bridgehead atoms. The van der Waals surface area contributed by atoms with Crippen molar-refractivity contribution in [1.82, 2.24) is 15.2 Å². The first kappa shape index (κ1) is 21.9. The summed E-state index contributed by atoms with van der Waals surface area (Å²) in [5.41, 5.74) is 1.01. The molecule has 0 radical (unpaired) electrons. The van der Waals surface area contributed by atoms with Gasteiger partial charge in [0.1, 0.15) is 5.75 Å². The molecular formula is C21H26N4O4. The first-order chi connectivity index (χ1) is 13.9.